The lowest BCUT2D eigenvalue weighted by atomic mass is 9.77. The normalized spacial score (nSPS) is 39.2. The van der Waals surface area contributed by atoms with Crippen LogP contribution in [0.4, 0.5) is 0 Å². The van der Waals surface area contributed by atoms with Gasteiger partial charge in [0.05, 0.1) is 54.0 Å². The number of cyclic esters (lactones) is 1. The zero-order valence-corrected chi connectivity index (χ0v) is 45.8. The van der Waals surface area contributed by atoms with Gasteiger partial charge in [0.1, 0.15) is 30.0 Å². The van der Waals surface area contributed by atoms with E-state index in [0.29, 0.717) is 50.7 Å². The Kier molecular flexibility index (Phi) is 23.4. The SMILES string of the molecule is CC[C@H]1OC(=O)[C@H](C)[C@@H](O[C@H]2C[C@@](C)(OC)[C@@H](O)[C@H](C)O2)[C@H](C)[C@@H](O[C@@H]2O[C@H](C)C[C@H](N(C)C)[C@H]2O)[C@](C)(O)C[C@@H](C)CN(CCCN(CCC#N)C(=S)NCCCc2ccccc2)[C@H](C)[C@@H](O)[C@]1(C)O. The number of hydrogen-bond donors (Lipinski definition) is 6. The molecule has 0 spiro atoms. The highest BCUT2D eigenvalue weighted by molar-refractivity contribution is 7.80. The monoisotopic (exact) mass is 1020 g/mol. The number of nitrogens with zero attached hydrogens (tertiary/aromatic N) is 4. The number of nitrogens with one attached hydrogen (secondary N) is 1. The highest BCUT2D eigenvalue weighted by atomic mass is 32.1. The summed E-state index contributed by atoms with van der Waals surface area (Å²) in [4.78, 5) is 20.6. The maximum Gasteiger partial charge on any atom is 0.311 e. The van der Waals surface area contributed by atoms with Gasteiger partial charge in [-0.25, -0.2) is 0 Å². The lowest BCUT2D eigenvalue weighted by Gasteiger charge is -2.48. The van der Waals surface area contributed by atoms with Crippen LogP contribution < -0.4 is 5.32 Å². The van der Waals surface area contributed by atoms with Crippen molar-refractivity contribution in [3.8, 4) is 6.07 Å². The molecule has 18 atom stereocenters. The predicted molar refractivity (Wildman–Crippen MR) is 275 cm³/mol. The number of carbonyl (C=O) groups excluding carboxylic acids is 1. The maximum absolute atomic E-state index is 14.6. The van der Waals surface area contributed by atoms with Gasteiger partial charge in [0.25, 0.3) is 0 Å². The van der Waals surface area contributed by atoms with E-state index in [2.05, 4.69) is 28.4 Å². The first-order valence-electron chi connectivity index (χ1n) is 26.0. The second-order valence-electron chi connectivity index (χ2n) is 21.8. The number of esters is 1. The van der Waals surface area contributed by atoms with Gasteiger partial charge in [-0.1, -0.05) is 51.1 Å². The average Bonchev–Trinajstić information content (AvgIpc) is 3.32. The predicted octanol–water partition coefficient (Wildman–Crippen LogP) is 4.38. The third kappa shape index (κ3) is 16.2. The number of methoxy groups -OCH3 is 1. The van der Waals surface area contributed by atoms with E-state index in [0.717, 1.165) is 12.8 Å². The van der Waals surface area contributed by atoms with Gasteiger partial charge in [0.2, 0.25) is 0 Å². The molecule has 3 heterocycles. The number of thiocarbonyl (C=S) groups is 1. The third-order valence-corrected chi connectivity index (χ3v) is 15.9. The summed E-state index contributed by atoms with van der Waals surface area (Å²) in [7, 11) is 5.27. The number of aliphatic hydroxyl groups is 5. The molecule has 6 N–H and O–H groups in total. The lowest BCUT2D eigenvalue weighted by molar-refractivity contribution is -0.318. The van der Waals surface area contributed by atoms with E-state index in [9.17, 15) is 35.6 Å². The summed E-state index contributed by atoms with van der Waals surface area (Å²) in [6.07, 6.45) is -6.35. The van der Waals surface area contributed by atoms with Crippen LogP contribution in [-0.2, 0) is 39.6 Å². The lowest BCUT2D eigenvalue weighted by Crippen LogP contribution is -2.60. The molecular formula is C53H91N5O12S. The van der Waals surface area contributed by atoms with E-state index >= 15 is 0 Å². The van der Waals surface area contributed by atoms with Crippen LogP contribution >= 0.6 is 12.2 Å². The minimum Gasteiger partial charge on any atom is -0.459 e. The first kappa shape index (κ1) is 60.9. The zero-order valence-electron chi connectivity index (χ0n) is 45.0. The molecule has 0 aromatic heterocycles. The Morgan fingerprint density at radius 2 is 1.65 bits per heavy atom. The van der Waals surface area contributed by atoms with Crippen molar-refractivity contribution in [2.24, 2.45) is 17.8 Å². The van der Waals surface area contributed by atoms with Gasteiger partial charge >= 0.3 is 5.97 Å². The highest BCUT2D eigenvalue weighted by Crippen LogP contribution is 2.40. The fourth-order valence-corrected chi connectivity index (χ4v) is 11.4. The molecule has 18 heteroatoms. The van der Waals surface area contributed by atoms with E-state index < -0.39 is 96.0 Å². The fraction of sp³-hybridized carbons (Fsp3) is 0.830. The number of rotatable bonds is 17. The van der Waals surface area contributed by atoms with E-state index in [4.69, 9.17) is 40.6 Å². The van der Waals surface area contributed by atoms with Gasteiger partial charge in [0.15, 0.2) is 17.7 Å². The number of hydrogen-bond acceptors (Lipinski definition) is 16. The van der Waals surface area contributed by atoms with Crippen molar-refractivity contribution in [2.75, 3.05) is 53.9 Å². The topological polar surface area (TPSA) is 219 Å². The van der Waals surface area contributed by atoms with E-state index in [-0.39, 0.29) is 43.7 Å². The molecule has 0 radical (unpaired) electrons. The number of aliphatic hydroxyl groups excluding tert-OH is 3. The molecule has 0 amide bonds. The first-order chi connectivity index (χ1) is 33.3. The summed E-state index contributed by atoms with van der Waals surface area (Å²) in [5.74, 6) is -2.86. The molecule has 1 aromatic rings. The standard InChI is InChI=1S/C53H91N5O12S/c1-14-41-53(10,64)45(60)37(6)58(28-20-27-57(26-19-24-54)50(71)55-25-18-23-39-21-16-15-17-22-39)32-33(2)30-51(8,63)47(70-49-43(59)40(56(11)12)29-34(3)66-49)35(4)44(36(5)48(62)68-41)69-42-31-52(9,65-13)46(61)38(7)67-42/h15-17,21-22,33-38,40-47,49,59-61,63-64H,14,18-20,23,25-32H2,1-13H3,(H,55,71)/t33-,34-,35+,36-,37-,38+,40+,41-,42+,43-,44+,45-,46+,47-,49+,51-,52-,53-/m1/s1. The zero-order chi connectivity index (χ0) is 53.0. The van der Waals surface area contributed by atoms with E-state index in [1.54, 1.807) is 34.6 Å². The number of nitriles is 1. The second-order valence-corrected chi connectivity index (χ2v) is 22.2. The van der Waals surface area contributed by atoms with Crippen LogP contribution in [0.2, 0.25) is 0 Å². The molecule has 0 saturated carbocycles. The number of carbonyl (C=O) groups is 1. The Morgan fingerprint density at radius 3 is 2.27 bits per heavy atom. The molecule has 0 unspecified atom stereocenters. The summed E-state index contributed by atoms with van der Waals surface area (Å²) in [6.45, 7) is 20.1. The van der Waals surface area contributed by atoms with Crippen LogP contribution in [0.25, 0.3) is 0 Å². The van der Waals surface area contributed by atoms with Crippen LogP contribution in [0, 0.1) is 29.1 Å². The fourth-order valence-electron chi connectivity index (χ4n) is 11.1. The molecule has 406 valence electrons. The highest BCUT2D eigenvalue weighted by Gasteiger charge is 2.53. The summed E-state index contributed by atoms with van der Waals surface area (Å²) in [6, 6.07) is 11.5. The van der Waals surface area contributed by atoms with Crippen LogP contribution in [0.5, 0.6) is 0 Å². The van der Waals surface area contributed by atoms with Gasteiger partial charge in [-0.05, 0) is 125 Å². The molecule has 0 aliphatic carbocycles. The van der Waals surface area contributed by atoms with Crippen LogP contribution in [0.3, 0.4) is 0 Å². The van der Waals surface area contributed by atoms with Crippen molar-refractivity contribution < 1.29 is 58.7 Å². The molecule has 1 aromatic carbocycles. The van der Waals surface area contributed by atoms with Crippen LogP contribution in [0.15, 0.2) is 30.3 Å². The van der Waals surface area contributed by atoms with Crippen molar-refractivity contribution in [1.29, 1.82) is 5.26 Å². The Morgan fingerprint density at radius 1 is 0.972 bits per heavy atom. The molecule has 4 rings (SSSR count). The molecule has 3 aliphatic heterocycles. The molecule has 3 aliphatic rings. The second kappa shape index (κ2) is 27.3. The average molecular weight is 1020 g/mol. The third-order valence-electron chi connectivity index (χ3n) is 15.5. The Balaban J connectivity index is 1.72. The van der Waals surface area contributed by atoms with Gasteiger partial charge in [0, 0.05) is 64.3 Å². The number of likely N-dealkylation sites (N-methyl/N-ethyl adjacent to an activating group) is 1. The first-order valence-corrected chi connectivity index (χ1v) is 26.4. The summed E-state index contributed by atoms with van der Waals surface area (Å²) in [5.41, 5.74) is -3.39. The Hall–Kier alpha value is -2.61. The molecule has 0 bridgehead atoms. The molecular weight excluding hydrogens is 931 g/mol. The summed E-state index contributed by atoms with van der Waals surface area (Å²) < 4.78 is 38.3. The van der Waals surface area contributed by atoms with Crippen molar-refractivity contribution in [3.63, 3.8) is 0 Å². The summed E-state index contributed by atoms with van der Waals surface area (Å²) in [5, 5.41) is 73.9. The van der Waals surface area contributed by atoms with Crippen molar-refractivity contribution >= 4 is 23.3 Å². The largest absolute Gasteiger partial charge is 0.459 e. The minimum atomic E-state index is -1.92. The molecule has 17 nitrogen and oxygen atoms in total. The van der Waals surface area contributed by atoms with Crippen molar-refractivity contribution in [2.45, 2.75) is 211 Å². The number of benzene rings is 1. The van der Waals surface area contributed by atoms with Crippen molar-refractivity contribution in [1.82, 2.24) is 20.0 Å². The summed E-state index contributed by atoms with van der Waals surface area (Å²) >= 11 is 5.85. The number of aryl methyl sites for hydroxylation is 1. The van der Waals surface area contributed by atoms with E-state index in [1.165, 1.54) is 19.6 Å². The quantitative estimate of drug-likeness (QED) is 0.0725. The van der Waals surface area contributed by atoms with E-state index in [1.807, 2.05) is 69.8 Å². The molecule has 3 saturated heterocycles. The van der Waals surface area contributed by atoms with Gasteiger partial charge < -0.3 is 69.1 Å². The van der Waals surface area contributed by atoms with Gasteiger partial charge in [-0.15, -0.1) is 0 Å². The molecule has 3 fully saturated rings. The Labute approximate surface area is 430 Å². The Bertz CT molecular complexity index is 1830. The van der Waals surface area contributed by atoms with Gasteiger partial charge in [-0.2, -0.15) is 5.26 Å². The molecule has 71 heavy (non-hydrogen) atoms. The van der Waals surface area contributed by atoms with Gasteiger partial charge in [-0.3, -0.25) is 9.69 Å². The van der Waals surface area contributed by atoms with Crippen molar-refractivity contribution in [3.05, 3.63) is 35.9 Å². The minimum absolute atomic E-state index is 0.102. The number of ether oxygens (including phenoxy) is 6. The smallest absolute Gasteiger partial charge is 0.311 e. The van der Waals surface area contributed by atoms with Crippen LogP contribution in [-0.4, -0.2) is 196 Å². The van der Waals surface area contributed by atoms with Crippen LogP contribution in [0.1, 0.15) is 120 Å². The maximum atomic E-state index is 14.6.